The molecule has 0 aliphatic heterocycles. The van der Waals surface area contributed by atoms with E-state index in [1.54, 1.807) is 23.1 Å². The molecule has 7 heteroatoms. The van der Waals surface area contributed by atoms with Crippen LogP contribution in [-0.4, -0.2) is 30.9 Å². The molecule has 0 atom stereocenters. The highest BCUT2D eigenvalue weighted by Crippen LogP contribution is 2.25. The molecule has 1 N–H and O–H groups in total. The van der Waals surface area contributed by atoms with Gasteiger partial charge in [-0.25, -0.2) is 9.97 Å². The number of aromatic nitrogens is 5. The van der Waals surface area contributed by atoms with Crippen LogP contribution >= 0.6 is 0 Å². The van der Waals surface area contributed by atoms with Crippen molar-refractivity contribution in [1.29, 1.82) is 0 Å². The summed E-state index contributed by atoms with van der Waals surface area (Å²) < 4.78 is 1.66. The minimum Gasteiger partial charge on any atom is -0.310 e. The lowest BCUT2D eigenvalue weighted by Gasteiger charge is -2.08. The molecule has 5 rings (SSSR count). The molecule has 33 heavy (non-hydrogen) atoms. The van der Waals surface area contributed by atoms with Crippen LogP contribution in [0.2, 0.25) is 0 Å². The molecule has 3 heterocycles. The largest absolute Gasteiger partial charge is 0.310 e. The molecule has 0 bridgehead atoms. The monoisotopic (exact) mass is 432 g/mol. The van der Waals surface area contributed by atoms with Gasteiger partial charge in [-0.1, -0.05) is 71.9 Å². The molecule has 160 valence electrons. The maximum Gasteiger partial charge on any atom is 0.231 e. The Morgan fingerprint density at radius 2 is 1.48 bits per heavy atom. The third-order valence-corrected chi connectivity index (χ3v) is 5.12. The summed E-state index contributed by atoms with van der Waals surface area (Å²) in [4.78, 5) is 21.6. The first-order valence-electron chi connectivity index (χ1n) is 10.5. The Labute approximate surface area is 190 Å². The van der Waals surface area contributed by atoms with Crippen molar-refractivity contribution >= 4 is 11.7 Å². The number of anilines is 1. The first-order valence-corrected chi connectivity index (χ1v) is 10.5. The second-order valence-corrected chi connectivity index (χ2v) is 7.37. The fraction of sp³-hybridized carbons (Fsp3) is 0.0385. The molecular formula is C26H20N6O. The highest BCUT2D eigenvalue weighted by molar-refractivity contribution is 5.92. The summed E-state index contributed by atoms with van der Waals surface area (Å²) in [7, 11) is 0. The maximum atomic E-state index is 12.8. The van der Waals surface area contributed by atoms with Gasteiger partial charge in [0.15, 0.2) is 5.82 Å². The summed E-state index contributed by atoms with van der Waals surface area (Å²) in [6, 6.07) is 29.0. The van der Waals surface area contributed by atoms with E-state index in [9.17, 15) is 4.79 Å². The third kappa shape index (κ3) is 4.52. The van der Waals surface area contributed by atoms with Gasteiger partial charge in [0.2, 0.25) is 5.91 Å². The van der Waals surface area contributed by atoms with Crippen LogP contribution in [0.5, 0.6) is 0 Å². The van der Waals surface area contributed by atoms with E-state index in [0.29, 0.717) is 17.3 Å². The van der Waals surface area contributed by atoms with Gasteiger partial charge in [0.25, 0.3) is 0 Å². The Balaban J connectivity index is 1.38. The molecule has 7 nitrogen and oxygen atoms in total. The number of rotatable bonds is 6. The van der Waals surface area contributed by atoms with Crippen LogP contribution in [0.4, 0.5) is 5.82 Å². The standard InChI is InChI=1S/C26H20N6O/c33-25(29-23-15-14-21(18-28-23)19-9-3-1-4-10-19)17-22-26(20-11-5-2-6-12-20)32(31-30-22)24-13-7-8-16-27-24/h1-16,18H,17H2,(H,28,29,33). The van der Waals surface area contributed by atoms with E-state index >= 15 is 0 Å². The van der Waals surface area contributed by atoms with Crippen LogP contribution < -0.4 is 5.32 Å². The average molecular weight is 432 g/mol. The topological polar surface area (TPSA) is 85.6 Å². The van der Waals surface area contributed by atoms with Gasteiger partial charge in [-0.2, -0.15) is 4.68 Å². The first kappa shape index (κ1) is 20.3. The Kier molecular flexibility index (Phi) is 5.67. The minimum absolute atomic E-state index is 0.0547. The van der Waals surface area contributed by atoms with Gasteiger partial charge in [0.1, 0.15) is 11.5 Å². The molecule has 0 fully saturated rings. The highest BCUT2D eigenvalue weighted by atomic mass is 16.1. The molecule has 5 aromatic rings. The molecule has 3 aromatic heterocycles. The Morgan fingerprint density at radius 3 is 2.15 bits per heavy atom. The Hall–Kier alpha value is -4.65. The van der Waals surface area contributed by atoms with Gasteiger partial charge in [-0.15, -0.1) is 5.10 Å². The normalized spacial score (nSPS) is 10.7. The number of carbonyl (C=O) groups is 1. The molecular weight excluding hydrogens is 412 g/mol. The summed E-state index contributed by atoms with van der Waals surface area (Å²) in [6.07, 6.45) is 3.50. The van der Waals surface area contributed by atoms with E-state index in [1.165, 1.54) is 0 Å². The number of hydrogen-bond acceptors (Lipinski definition) is 5. The minimum atomic E-state index is -0.222. The first-order chi connectivity index (χ1) is 16.3. The lowest BCUT2D eigenvalue weighted by molar-refractivity contribution is -0.115. The molecule has 0 unspecified atom stereocenters. The van der Waals surface area contributed by atoms with E-state index < -0.39 is 0 Å². The second-order valence-electron chi connectivity index (χ2n) is 7.37. The molecule has 0 saturated carbocycles. The van der Waals surface area contributed by atoms with Gasteiger partial charge in [-0.3, -0.25) is 4.79 Å². The van der Waals surface area contributed by atoms with Crippen LogP contribution in [0.25, 0.3) is 28.2 Å². The van der Waals surface area contributed by atoms with Crippen molar-refractivity contribution in [2.45, 2.75) is 6.42 Å². The lowest BCUT2D eigenvalue weighted by Crippen LogP contribution is -2.16. The van der Waals surface area contributed by atoms with Crippen molar-refractivity contribution < 1.29 is 4.79 Å². The molecule has 0 aliphatic carbocycles. The van der Waals surface area contributed by atoms with Gasteiger partial charge < -0.3 is 5.32 Å². The number of nitrogens with one attached hydrogen (secondary N) is 1. The van der Waals surface area contributed by atoms with Crippen molar-refractivity contribution in [2.24, 2.45) is 0 Å². The van der Waals surface area contributed by atoms with Gasteiger partial charge in [0.05, 0.1) is 12.1 Å². The number of carbonyl (C=O) groups excluding carboxylic acids is 1. The van der Waals surface area contributed by atoms with Gasteiger partial charge in [-0.05, 0) is 29.8 Å². The quantitative estimate of drug-likeness (QED) is 0.425. The summed E-state index contributed by atoms with van der Waals surface area (Å²) in [5, 5.41) is 11.4. The van der Waals surface area contributed by atoms with Gasteiger partial charge >= 0.3 is 0 Å². The van der Waals surface area contributed by atoms with Gasteiger partial charge in [0, 0.05) is 23.5 Å². The SMILES string of the molecule is O=C(Cc1nnn(-c2ccccn2)c1-c1ccccc1)Nc1ccc(-c2ccccc2)cn1. The number of hydrogen-bond donors (Lipinski definition) is 1. The second kappa shape index (κ2) is 9.23. The third-order valence-electron chi connectivity index (χ3n) is 5.12. The maximum absolute atomic E-state index is 12.8. The zero-order valence-corrected chi connectivity index (χ0v) is 17.7. The fourth-order valence-electron chi connectivity index (χ4n) is 3.56. The molecule has 0 spiro atoms. The van der Waals surface area contributed by atoms with Crippen molar-refractivity contribution in [3.8, 4) is 28.2 Å². The Morgan fingerprint density at radius 1 is 0.758 bits per heavy atom. The Bertz CT molecular complexity index is 1350. The van der Waals surface area contributed by atoms with E-state index in [0.717, 1.165) is 22.4 Å². The van der Waals surface area contributed by atoms with Crippen molar-refractivity contribution in [1.82, 2.24) is 25.0 Å². The summed E-state index contributed by atoms with van der Waals surface area (Å²) in [6.45, 7) is 0. The number of pyridine rings is 2. The number of benzene rings is 2. The molecule has 0 radical (unpaired) electrons. The van der Waals surface area contributed by atoms with Crippen LogP contribution in [0.3, 0.4) is 0 Å². The average Bonchev–Trinajstić information content (AvgIpc) is 3.29. The van der Waals surface area contributed by atoms with E-state index in [1.807, 2.05) is 84.9 Å². The van der Waals surface area contributed by atoms with Crippen molar-refractivity contribution in [2.75, 3.05) is 5.32 Å². The highest BCUT2D eigenvalue weighted by Gasteiger charge is 2.19. The van der Waals surface area contributed by atoms with Crippen LogP contribution in [0.15, 0.2) is 103 Å². The smallest absolute Gasteiger partial charge is 0.231 e. The number of amides is 1. The van der Waals surface area contributed by atoms with E-state index in [2.05, 4.69) is 25.6 Å². The summed E-state index contributed by atoms with van der Waals surface area (Å²) in [5.41, 5.74) is 4.25. The van der Waals surface area contributed by atoms with E-state index in [4.69, 9.17) is 0 Å². The van der Waals surface area contributed by atoms with Crippen LogP contribution in [0, 0.1) is 0 Å². The molecule has 2 aromatic carbocycles. The summed E-state index contributed by atoms with van der Waals surface area (Å²) in [5.74, 6) is 0.895. The predicted molar refractivity (Wildman–Crippen MR) is 127 cm³/mol. The van der Waals surface area contributed by atoms with Crippen LogP contribution in [0.1, 0.15) is 5.69 Å². The predicted octanol–water partition coefficient (Wildman–Crippen LogP) is 4.57. The lowest BCUT2D eigenvalue weighted by atomic mass is 10.1. The molecule has 1 amide bonds. The van der Waals surface area contributed by atoms with Crippen LogP contribution in [-0.2, 0) is 11.2 Å². The fourth-order valence-corrected chi connectivity index (χ4v) is 3.56. The number of nitrogens with zero attached hydrogens (tertiary/aromatic N) is 5. The molecule has 0 saturated heterocycles. The molecule has 0 aliphatic rings. The van der Waals surface area contributed by atoms with E-state index in [-0.39, 0.29) is 12.3 Å². The van der Waals surface area contributed by atoms with Crippen molar-refractivity contribution in [3.63, 3.8) is 0 Å². The summed E-state index contributed by atoms with van der Waals surface area (Å²) >= 11 is 0. The zero-order chi connectivity index (χ0) is 22.5. The van der Waals surface area contributed by atoms with Crippen molar-refractivity contribution in [3.05, 3.63) is 109 Å². The zero-order valence-electron chi connectivity index (χ0n) is 17.7.